The monoisotopic (exact) mass is 382 g/mol. The van der Waals surface area contributed by atoms with Crippen LogP contribution in [0.3, 0.4) is 0 Å². The van der Waals surface area contributed by atoms with Gasteiger partial charge >= 0.3 is 0 Å². The standard InChI is InChI=1S/C19H31N3O3S/c1-13(2)22-26(24,25)17-11-9-16(10-12-17)21-19(23)15(4)20-18-8-6-5-7-14(18)3/h9-15,18,20,22H,5-8H2,1-4H3,(H,21,23)/p+1/t14-,15-,18-/m0/s1. The molecule has 1 fully saturated rings. The highest BCUT2D eigenvalue weighted by atomic mass is 32.2. The molecule has 0 radical (unpaired) electrons. The molecule has 2 rings (SSSR count). The Bertz CT molecular complexity index is 701. The summed E-state index contributed by atoms with van der Waals surface area (Å²) in [5.74, 6) is 0.579. The van der Waals surface area contributed by atoms with Crippen molar-refractivity contribution in [1.82, 2.24) is 4.72 Å². The molecule has 0 saturated heterocycles. The fourth-order valence-electron chi connectivity index (χ4n) is 3.44. The molecule has 6 nitrogen and oxygen atoms in total. The summed E-state index contributed by atoms with van der Waals surface area (Å²) >= 11 is 0. The van der Waals surface area contributed by atoms with Gasteiger partial charge in [0.15, 0.2) is 6.04 Å². The predicted octanol–water partition coefficient (Wildman–Crippen LogP) is 1.84. The van der Waals surface area contributed by atoms with Gasteiger partial charge in [-0.25, -0.2) is 13.1 Å². The van der Waals surface area contributed by atoms with Crippen LogP contribution in [-0.4, -0.2) is 32.5 Å². The third-order valence-corrected chi connectivity index (χ3v) is 6.62. The SMILES string of the molecule is CC(C)NS(=O)(=O)c1ccc(NC(=O)[C@H](C)[NH2+][C@H]2CCCC[C@@H]2C)cc1. The number of carbonyl (C=O) groups is 1. The van der Waals surface area contributed by atoms with E-state index >= 15 is 0 Å². The van der Waals surface area contributed by atoms with Crippen molar-refractivity contribution in [2.45, 2.75) is 76.4 Å². The lowest BCUT2D eigenvalue weighted by molar-refractivity contribution is -0.714. The van der Waals surface area contributed by atoms with Crippen LogP contribution in [0.4, 0.5) is 5.69 Å². The van der Waals surface area contributed by atoms with Crippen LogP contribution in [0.25, 0.3) is 0 Å². The van der Waals surface area contributed by atoms with Crippen LogP contribution < -0.4 is 15.4 Å². The Balaban J connectivity index is 1.94. The number of nitrogens with two attached hydrogens (primary N) is 1. The number of benzene rings is 1. The summed E-state index contributed by atoms with van der Waals surface area (Å²) in [6, 6.07) is 6.44. The van der Waals surface area contributed by atoms with Gasteiger partial charge in [0.05, 0.1) is 10.9 Å². The summed E-state index contributed by atoms with van der Waals surface area (Å²) in [7, 11) is -3.52. The van der Waals surface area contributed by atoms with E-state index in [1.54, 1.807) is 26.0 Å². The molecule has 4 N–H and O–H groups in total. The fourth-order valence-corrected chi connectivity index (χ4v) is 4.69. The van der Waals surface area contributed by atoms with E-state index in [4.69, 9.17) is 0 Å². The number of quaternary nitrogens is 1. The van der Waals surface area contributed by atoms with E-state index in [1.165, 1.54) is 31.4 Å². The Morgan fingerprint density at radius 3 is 2.31 bits per heavy atom. The fraction of sp³-hybridized carbons (Fsp3) is 0.632. The number of rotatable bonds is 7. The van der Waals surface area contributed by atoms with Crippen LogP contribution in [0, 0.1) is 5.92 Å². The Morgan fingerprint density at radius 1 is 1.12 bits per heavy atom. The maximum atomic E-state index is 12.4. The average Bonchev–Trinajstić information content (AvgIpc) is 2.56. The molecule has 0 aliphatic heterocycles. The first-order valence-corrected chi connectivity index (χ1v) is 11.0. The lowest BCUT2D eigenvalue weighted by Gasteiger charge is -2.28. The zero-order valence-electron chi connectivity index (χ0n) is 16.2. The van der Waals surface area contributed by atoms with Crippen LogP contribution in [0.2, 0.25) is 0 Å². The summed E-state index contributed by atoms with van der Waals surface area (Å²) in [6.07, 6.45) is 4.91. The molecule has 1 aromatic rings. The minimum absolute atomic E-state index is 0.0568. The third-order valence-electron chi connectivity index (χ3n) is 4.95. The number of sulfonamides is 1. The molecule has 0 bridgehead atoms. The number of hydrogen-bond donors (Lipinski definition) is 3. The first-order chi connectivity index (χ1) is 12.2. The highest BCUT2D eigenvalue weighted by molar-refractivity contribution is 7.89. The van der Waals surface area contributed by atoms with E-state index < -0.39 is 10.0 Å². The Morgan fingerprint density at radius 2 is 1.73 bits per heavy atom. The van der Waals surface area contributed by atoms with Gasteiger partial charge in [-0.15, -0.1) is 0 Å². The van der Waals surface area contributed by atoms with Gasteiger partial charge in [-0.05, 0) is 64.3 Å². The number of carbonyl (C=O) groups excluding carboxylic acids is 1. The molecule has 1 amide bonds. The van der Waals surface area contributed by atoms with Gasteiger partial charge in [-0.1, -0.05) is 13.3 Å². The minimum atomic E-state index is -3.52. The number of amides is 1. The summed E-state index contributed by atoms with van der Waals surface area (Å²) in [5, 5.41) is 5.05. The Hall–Kier alpha value is -1.44. The molecule has 146 valence electrons. The van der Waals surface area contributed by atoms with Gasteiger partial charge in [-0.2, -0.15) is 0 Å². The van der Waals surface area contributed by atoms with Crippen molar-refractivity contribution in [3.8, 4) is 0 Å². The molecular formula is C19H32N3O3S+. The van der Waals surface area contributed by atoms with Gasteiger partial charge in [0.25, 0.3) is 5.91 Å². The van der Waals surface area contributed by atoms with Crippen LogP contribution >= 0.6 is 0 Å². The number of anilines is 1. The predicted molar refractivity (Wildman–Crippen MR) is 103 cm³/mol. The summed E-state index contributed by atoms with van der Waals surface area (Å²) in [4.78, 5) is 12.6. The van der Waals surface area contributed by atoms with E-state index in [0.29, 0.717) is 17.6 Å². The second kappa shape index (κ2) is 8.97. The van der Waals surface area contributed by atoms with Gasteiger partial charge in [0.2, 0.25) is 10.0 Å². The molecule has 0 heterocycles. The second-order valence-electron chi connectivity index (χ2n) is 7.70. The maximum absolute atomic E-state index is 12.4. The first-order valence-electron chi connectivity index (χ1n) is 9.47. The molecule has 1 aromatic carbocycles. The van der Waals surface area contributed by atoms with Crippen molar-refractivity contribution in [2.75, 3.05) is 5.32 Å². The van der Waals surface area contributed by atoms with Gasteiger partial charge in [0.1, 0.15) is 0 Å². The minimum Gasteiger partial charge on any atom is -0.334 e. The van der Waals surface area contributed by atoms with Crippen molar-refractivity contribution in [3.05, 3.63) is 24.3 Å². The van der Waals surface area contributed by atoms with Gasteiger partial charge in [-0.3, -0.25) is 4.79 Å². The summed E-state index contributed by atoms with van der Waals surface area (Å²) < 4.78 is 26.8. The van der Waals surface area contributed by atoms with Crippen LogP contribution in [0.5, 0.6) is 0 Å². The molecule has 1 aliphatic carbocycles. The number of hydrogen-bond acceptors (Lipinski definition) is 3. The molecule has 0 spiro atoms. The number of nitrogens with one attached hydrogen (secondary N) is 2. The highest BCUT2D eigenvalue weighted by Gasteiger charge is 2.28. The van der Waals surface area contributed by atoms with Crippen molar-refractivity contribution in [2.24, 2.45) is 5.92 Å². The van der Waals surface area contributed by atoms with Crippen molar-refractivity contribution in [3.63, 3.8) is 0 Å². The molecular weight excluding hydrogens is 350 g/mol. The smallest absolute Gasteiger partial charge is 0.282 e. The van der Waals surface area contributed by atoms with Gasteiger partial charge in [0, 0.05) is 17.6 Å². The largest absolute Gasteiger partial charge is 0.334 e. The zero-order valence-corrected chi connectivity index (χ0v) is 17.0. The van der Waals surface area contributed by atoms with Crippen LogP contribution in [-0.2, 0) is 14.8 Å². The molecule has 1 aliphatic rings. The quantitative estimate of drug-likeness (QED) is 0.672. The molecule has 7 heteroatoms. The third kappa shape index (κ3) is 5.79. The Kier molecular flexibility index (Phi) is 7.20. The first kappa shape index (κ1) is 20.9. The van der Waals surface area contributed by atoms with Crippen molar-refractivity contribution >= 4 is 21.6 Å². The molecule has 3 atom stereocenters. The van der Waals surface area contributed by atoms with E-state index in [1.807, 2.05) is 6.92 Å². The van der Waals surface area contributed by atoms with Crippen molar-refractivity contribution in [1.29, 1.82) is 0 Å². The van der Waals surface area contributed by atoms with Gasteiger partial charge < -0.3 is 10.6 Å². The van der Waals surface area contributed by atoms with Crippen molar-refractivity contribution < 1.29 is 18.5 Å². The lowest BCUT2D eigenvalue weighted by Crippen LogP contribution is -2.97. The molecule has 0 aromatic heterocycles. The van der Waals surface area contributed by atoms with E-state index in [0.717, 1.165) is 6.42 Å². The Labute approximate surface area is 157 Å². The average molecular weight is 383 g/mol. The maximum Gasteiger partial charge on any atom is 0.282 e. The normalized spacial score (nSPS) is 22.2. The summed E-state index contributed by atoms with van der Waals surface area (Å²) in [6.45, 7) is 7.73. The summed E-state index contributed by atoms with van der Waals surface area (Å²) in [5.41, 5.74) is 0.607. The van der Waals surface area contributed by atoms with E-state index in [2.05, 4.69) is 22.3 Å². The molecule has 26 heavy (non-hydrogen) atoms. The lowest BCUT2D eigenvalue weighted by atomic mass is 9.85. The second-order valence-corrected chi connectivity index (χ2v) is 9.41. The molecule has 0 unspecified atom stereocenters. The van der Waals surface area contributed by atoms with E-state index in [9.17, 15) is 13.2 Å². The topological polar surface area (TPSA) is 91.9 Å². The zero-order chi connectivity index (χ0) is 19.3. The molecule has 1 saturated carbocycles. The van der Waals surface area contributed by atoms with Crippen LogP contribution in [0.15, 0.2) is 29.2 Å². The van der Waals surface area contributed by atoms with Crippen LogP contribution in [0.1, 0.15) is 53.4 Å². The highest BCUT2D eigenvalue weighted by Crippen LogP contribution is 2.21. The van der Waals surface area contributed by atoms with E-state index in [-0.39, 0.29) is 22.9 Å².